The minimum Gasteiger partial charge on any atom is -0.477 e. The van der Waals surface area contributed by atoms with Crippen molar-refractivity contribution in [3.05, 3.63) is 36.0 Å². The molecule has 2 N–H and O–H groups in total. The number of amides is 1. The Morgan fingerprint density at radius 1 is 1.29 bits per heavy atom. The van der Waals surface area contributed by atoms with E-state index in [1.807, 2.05) is 12.1 Å². The molecule has 0 unspecified atom stereocenters. The second-order valence-electron chi connectivity index (χ2n) is 5.18. The number of carboxylic acid groups (broad SMARTS) is 1. The number of nitrogens with one attached hydrogen (secondary N) is 1. The zero-order valence-electron chi connectivity index (χ0n) is 11.5. The fraction of sp³-hybridized carbons (Fsp3) is 0.267. The lowest BCUT2D eigenvalue weighted by molar-refractivity contribution is -0.117. The van der Waals surface area contributed by atoms with Gasteiger partial charge < -0.3 is 10.4 Å². The highest BCUT2D eigenvalue weighted by Gasteiger charge is 2.29. The highest BCUT2D eigenvalue weighted by molar-refractivity contribution is 5.94. The average Bonchev–Trinajstić information content (AvgIpc) is 3.22. The molecule has 108 valence electrons. The van der Waals surface area contributed by atoms with Gasteiger partial charge in [0.2, 0.25) is 5.91 Å². The third kappa shape index (κ3) is 2.79. The summed E-state index contributed by atoms with van der Waals surface area (Å²) in [5, 5.41) is 16.1. The van der Waals surface area contributed by atoms with Crippen LogP contribution in [0.25, 0.3) is 11.3 Å². The normalized spacial score (nSPS) is 14.0. The summed E-state index contributed by atoms with van der Waals surface area (Å²) in [5.41, 5.74) is 2.28. The van der Waals surface area contributed by atoms with E-state index in [4.69, 9.17) is 5.11 Å². The Kier molecular flexibility index (Phi) is 3.21. The van der Waals surface area contributed by atoms with Gasteiger partial charge in [0, 0.05) is 24.2 Å². The number of rotatable bonds is 4. The number of carbonyl (C=O) groups excluding carboxylic acids is 1. The molecule has 2 aromatic rings. The van der Waals surface area contributed by atoms with Gasteiger partial charge in [0.05, 0.1) is 5.69 Å². The van der Waals surface area contributed by atoms with E-state index in [0.717, 1.165) is 24.1 Å². The maximum Gasteiger partial charge on any atom is 0.354 e. The second-order valence-corrected chi connectivity index (χ2v) is 5.18. The molecule has 21 heavy (non-hydrogen) atoms. The van der Waals surface area contributed by atoms with Crippen LogP contribution in [0, 0.1) is 5.92 Å². The zero-order chi connectivity index (χ0) is 15.0. The molecule has 1 aliphatic carbocycles. The lowest BCUT2D eigenvalue weighted by Gasteiger charge is -2.04. The summed E-state index contributed by atoms with van der Waals surface area (Å²) >= 11 is 0. The highest BCUT2D eigenvalue weighted by Crippen LogP contribution is 2.30. The van der Waals surface area contributed by atoms with E-state index in [2.05, 4.69) is 10.4 Å². The van der Waals surface area contributed by atoms with Crippen molar-refractivity contribution in [2.24, 2.45) is 13.0 Å². The molecule has 0 spiro atoms. The lowest BCUT2D eigenvalue weighted by atomic mass is 10.1. The number of carbonyl (C=O) groups is 2. The summed E-state index contributed by atoms with van der Waals surface area (Å²) in [6.07, 6.45) is 1.94. The molecule has 1 fully saturated rings. The smallest absolute Gasteiger partial charge is 0.354 e. The molecule has 0 atom stereocenters. The molecule has 1 amide bonds. The van der Waals surface area contributed by atoms with Crippen molar-refractivity contribution in [3.63, 3.8) is 0 Å². The minimum atomic E-state index is -1.01. The van der Waals surface area contributed by atoms with E-state index < -0.39 is 5.97 Å². The SMILES string of the molecule is Cn1nc(-c2ccc(NC(=O)C3CC3)cc2)cc1C(=O)O. The molecule has 1 aromatic heterocycles. The first-order valence-corrected chi connectivity index (χ1v) is 6.73. The van der Waals surface area contributed by atoms with E-state index in [1.165, 1.54) is 10.7 Å². The number of carboxylic acids is 1. The van der Waals surface area contributed by atoms with E-state index in [9.17, 15) is 9.59 Å². The topological polar surface area (TPSA) is 84.2 Å². The molecule has 1 aliphatic rings. The summed E-state index contributed by atoms with van der Waals surface area (Å²) in [4.78, 5) is 22.7. The molecular weight excluding hydrogens is 270 g/mol. The van der Waals surface area contributed by atoms with Gasteiger partial charge in [0.15, 0.2) is 0 Å². The third-order valence-corrected chi connectivity index (χ3v) is 3.50. The van der Waals surface area contributed by atoms with E-state index >= 15 is 0 Å². The van der Waals surface area contributed by atoms with Gasteiger partial charge in [-0.2, -0.15) is 5.10 Å². The molecule has 1 saturated carbocycles. The maximum absolute atomic E-state index is 11.7. The van der Waals surface area contributed by atoms with Crippen molar-refractivity contribution in [2.75, 3.05) is 5.32 Å². The first-order chi connectivity index (χ1) is 10.0. The largest absolute Gasteiger partial charge is 0.477 e. The third-order valence-electron chi connectivity index (χ3n) is 3.50. The highest BCUT2D eigenvalue weighted by atomic mass is 16.4. The Morgan fingerprint density at radius 3 is 2.48 bits per heavy atom. The Morgan fingerprint density at radius 2 is 1.95 bits per heavy atom. The number of anilines is 1. The number of hydrogen-bond acceptors (Lipinski definition) is 3. The molecule has 6 heteroatoms. The van der Waals surface area contributed by atoms with Crippen LogP contribution in [0.3, 0.4) is 0 Å². The van der Waals surface area contributed by atoms with E-state index in [0.29, 0.717) is 5.69 Å². The van der Waals surface area contributed by atoms with Crippen molar-refractivity contribution in [3.8, 4) is 11.3 Å². The van der Waals surface area contributed by atoms with Crippen LogP contribution in [0.1, 0.15) is 23.3 Å². The number of aromatic carboxylic acids is 1. The maximum atomic E-state index is 11.7. The fourth-order valence-electron chi connectivity index (χ4n) is 2.12. The number of hydrogen-bond donors (Lipinski definition) is 2. The predicted octanol–water partition coefficient (Wildman–Crippen LogP) is 2.13. The predicted molar refractivity (Wildman–Crippen MR) is 77.0 cm³/mol. The van der Waals surface area contributed by atoms with Gasteiger partial charge in [-0.15, -0.1) is 0 Å². The van der Waals surface area contributed by atoms with Gasteiger partial charge in [-0.1, -0.05) is 12.1 Å². The molecule has 0 bridgehead atoms. The summed E-state index contributed by atoms with van der Waals surface area (Å²) < 4.78 is 1.33. The van der Waals surface area contributed by atoms with E-state index in [1.54, 1.807) is 19.2 Å². The first kappa shape index (κ1) is 13.4. The van der Waals surface area contributed by atoms with Gasteiger partial charge in [0.25, 0.3) is 0 Å². The van der Waals surface area contributed by atoms with Gasteiger partial charge in [-0.3, -0.25) is 9.48 Å². The van der Waals surface area contributed by atoms with Gasteiger partial charge in [0.1, 0.15) is 5.69 Å². The van der Waals surface area contributed by atoms with Crippen molar-refractivity contribution in [1.29, 1.82) is 0 Å². The quantitative estimate of drug-likeness (QED) is 0.901. The van der Waals surface area contributed by atoms with Gasteiger partial charge in [-0.05, 0) is 31.0 Å². The van der Waals surface area contributed by atoms with Crippen molar-refractivity contribution in [2.45, 2.75) is 12.8 Å². The summed E-state index contributed by atoms with van der Waals surface area (Å²) in [5.74, 6) is -0.781. The summed E-state index contributed by atoms with van der Waals surface area (Å²) in [6, 6.07) is 8.75. The van der Waals surface area contributed by atoms with Crippen LogP contribution in [0.2, 0.25) is 0 Å². The van der Waals surface area contributed by atoms with Crippen LogP contribution < -0.4 is 5.32 Å². The van der Waals surface area contributed by atoms with Crippen LogP contribution in [0.15, 0.2) is 30.3 Å². The Bertz CT molecular complexity index is 699. The monoisotopic (exact) mass is 285 g/mol. The standard InChI is InChI=1S/C15H15N3O3/c1-18-13(15(20)21)8-12(17-18)9-4-6-11(7-5-9)16-14(19)10-2-3-10/h4-8,10H,2-3H2,1H3,(H,16,19)(H,20,21). The molecule has 3 rings (SSSR count). The average molecular weight is 285 g/mol. The van der Waals surface area contributed by atoms with Crippen LogP contribution in [0.4, 0.5) is 5.69 Å². The number of aryl methyl sites for hydroxylation is 1. The van der Waals surface area contributed by atoms with Crippen LogP contribution in [0.5, 0.6) is 0 Å². The van der Waals surface area contributed by atoms with Gasteiger partial charge in [-0.25, -0.2) is 4.79 Å². The van der Waals surface area contributed by atoms with Crippen LogP contribution in [-0.4, -0.2) is 26.8 Å². The number of benzene rings is 1. The molecule has 0 aliphatic heterocycles. The Hall–Kier alpha value is -2.63. The van der Waals surface area contributed by atoms with Crippen molar-refractivity contribution in [1.82, 2.24) is 9.78 Å². The zero-order valence-corrected chi connectivity index (χ0v) is 11.5. The minimum absolute atomic E-state index is 0.0637. The molecule has 6 nitrogen and oxygen atoms in total. The molecule has 0 radical (unpaired) electrons. The van der Waals surface area contributed by atoms with Crippen molar-refractivity contribution < 1.29 is 14.7 Å². The number of nitrogens with zero attached hydrogens (tertiary/aromatic N) is 2. The van der Waals surface area contributed by atoms with Crippen LogP contribution in [-0.2, 0) is 11.8 Å². The second kappa shape index (κ2) is 5.05. The Labute approximate surface area is 121 Å². The van der Waals surface area contributed by atoms with E-state index in [-0.39, 0.29) is 17.5 Å². The van der Waals surface area contributed by atoms with Crippen molar-refractivity contribution >= 4 is 17.6 Å². The molecular formula is C15H15N3O3. The molecule has 1 heterocycles. The molecule has 1 aromatic carbocycles. The lowest BCUT2D eigenvalue weighted by Crippen LogP contribution is -2.12. The van der Waals surface area contributed by atoms with Gasteiger partial charge >= 0.3 is 5.97 Å². The first-order valence-electron chi connectivity index (χ1n) is 6.73. The summed E-state index contributed by atoms with van der Waals surface area (Å²) in [6.45, 7) is 0. The fourth-order valence-corrected chi connectivity index (χ4v) is 2.12. The summed E-state index contributed by atoms with van der Waals surface area (Å²) in [7, 11) is 1.59. The Balaban J connectivity index is 1.78. The molecule has 0 saturated heterocycles. The van der Waals surface area contributed by atoms with Crippen LogP contribution >= 0.6 is 0 Å². The number of aromatic nitrogens is 2.